The van der Waals surface area contributed by atoms with Gasteiger partial charge in [0.1, 0.15) is 11.5 Å². The molecule has 3 N–H and O–H groups in total. The highest BCUT2D eigenvalue weighted by atomic mass is 32.1. The van der Waals surface area contributed by atoms with E-state index in [9.17, 15) is 0 Å². The molecule has 0 saturated heterocycles. The zero-order valence-corrected chi connectivity index (χ0v) is 11.1. The number of methoxy groups -OCH3 is 1. The maximum atomic E-state index is 5.67. The first-order chi connectivity index (χ1) is 8.02. The molecule has 5 heteroatoms. The summed E-state index contributed by atoms with van der Waals surface area (Å²) in [5.41, 5.74) is 6.18. The van der Waals surface area contributed by atoms with Gasteiger partial charge in [-0.05, 0) is 30.3 Å². The van der Waals surface area contributed by atoms with E-state index in [-0.39, 0.29) is 5.11 Å². The first kappa shape index (κ1) is 13.6. The van der Waals surface area contributed by atoms with Crippen molar-refractivity contribution < 1.29 is 9.47 Å². The number of ether oxygens (including phenoxy) is 2. The van der Waals surface area contributed by atoms with Crippen LogP contribution in [-0.2, 0) is 0 Å². The highest BCUT2D eigenvalue weighted by Gasteiger charge is 2.07. The van der Waals surface area contributed by atoms with Crippen LogP contribution in [0.2, 0.25) is 0 Å². The van der Waals surface area contributed by atoms with Gasteiger partial charge in [0.2, 0.25) is 0 Å². The lowest BCUT2D eigenvalue weighted by Crippen LogP contribution is -2.19. The molecule has 0 aliphatic heterocycles. The number of nitrogens with one attached hydrogen (secondary N) is 1. The molecule has 94 valence electrons. The zero-order chi connectivity index (χ0) is 12.8. The fraction of sp³-hybridized carbons (Fsp3) is 0.417. The van der Waals surface area contributed by atoms with E-state index in [1.807, 2.05) is 12.1 Å². The molecule has 0 bridgehead atoms. The summed E-state index contributed by atoms with van der Waals surface area (Å²) in [6, 6.07) is 5.47. The van der Waals surface area contributed by atoms with E-state index < -0.39 is 0 Å². The van der Waals surface area contributed by atoms with E-state index in [4.69, 9.17) is 27.4 Å². The van der Waals surface area contributed by atoms with Crippen molar-refractivity contribution in [3.8, 4) is 11.5 Å². The molecule has 1 aromatic rings. The van der Waals surface area contributed by atoms with Crippen LogP contribution in [0.1, 0.15) is 13.8 Å². The Bertz CT molecular complexity index is 394. The molecule has 0 fully saturated rings. The lowest BCUT2D eigenvalue weighted by molar-refractivity contribution is 0.272. The molecule has 0 aliphatic rings. The molecule has 0 aromatic heterocycles. The highest BCUT2D eigenvalue weighted by molar-refractivity contribution is 7.80. The summed E-state index contributed by atoms with van der Waals surface area (Å²) in [6.07, 6.45) is 0. The molecule has 1 rings (SSSR count). The summed E-state index contributed by atoms with van der Waals surface area (Å²) in [6.45, 7) is 4.81. The van der Waals surface area contributed by atoms with Gasteiger partial charge in [-0.15, -0.1) is 0 Å². The van der Waals surface area contributed by atoms with Crippen molar-refractivity contribution in [2.45, 2.75) is 13.8 Å². The number of anilines is 1. The minimum absolute atomic E-state index is 0.202. The van der Waals surface area contributed by atoms with Crippen LogP contribution in [0, 0.1) is 5.92 Å². The van der Waals surface area contributed by atoms with E-state index in [0.717, 1.165) is 11.4 Å². The number of benzene rings is 1. The average molecular weight is 254 g/mol. The quantitative estimate of drug-likeness (QED) is 0.790. The lowest BCUT2D eigenvalue weighted by atomic mass is 10.2. The number of hydrogen-bond donors (Lipinski definition) is 2. The minimum Gasteiger partial charge on any atom is -0.497 e. The molecule has 1 aromatic carbocycles. The summed E-state index contributed by atoms with van der Waals surface area (Å²) >= 11 is 4.82. The van der Waals surface area contributed by atoms with Crippen LogP contribution in [0.5, 0.6) is 11.5 Å². The molecule has 0 amide bonds. The van der Waals surface area contributed by atoms with Crippen molar-refractivity contribution in [3.05, 3.63) is 18.2 Å². The van der Waals surface area contributed by atoms with Crippen LogP contribution in [0.25, 0.3) is 0 Å². The Labute approximate surface area is 107 Å². The number of hydrogen-bond acceptors (Lipinski definition) is 3. The summed E-state index contributed by atoms with van der Waals surface area (Å²) in [5, 5.41) is 3.08. The first-order valence-corrected chi connectivity index (χ1v) is 5.81. The number of thiocarbonyl (C=S) groups is 1. The Morgan fingerprint density at radius 1 is 1.47 bits per heavy atom. The monoisotopic (exact) mass is 254 g/mol. The summed E-state index contributed by atoms with van der Waals surface area (Å²) in [4.78, 5) is 0. The van der Waals surface area contributed by atoms with Gasteiger partial charge < -0.3 is 20.5 Å². The van der Waals surface area contributed by atoms with Crippen molar-refractivity contribution in [1.82, 2.24) is 0 Å². The standard InChI is InChI=1S/C12H18N2O2S/c1-8(2)7-16-11-5-4-9(15-3)6-10(11)14-12(13)17/h4-6,8H,7H2,1-3H3,(H3,13,14,17). The third-order valence-corrected chi connectivity index (χ3v) is 2.12. The second-order valence-corrected chi connectivity index (χ2v) is 4.50. The van der Waals surface area contributed by atoms with E-state index in [2.05, 4.69) is 19.2 Å². The number of rotatable bonds is 5. The van der Waals surface area contributed by atoms with Gasteiger partial charge in [0, 0.05) is 6.07 Å². The Hall–Kier alpha value is -1.49. The molecular weight excluding hydrogens is 236 g/mol. The zero-order valence-electron chi connectivity index (χ0n) is 10.3. The molecule has 0 heterocycles. The molecular formula is C12H18N2O2S. The Morgan fingerprint density at radius 2 is 2.18 bits per heavy atom. The van der Waals surface area contributed by atoms with E-state index in [1.54, 1.807) is 13.2 Å². The predicted molar refractivity (Wildman–Crippen MR) is 73.7 cm³/mol. The Kier molecular flexibility index (Phi) is 5.03. The average Bonchev–Trinajstić information content (AvgIpc) is 2.26. The predicted octanol–water partition coefficient (Wildman–Crippen LogP) is 2.39. The van der Waals surface area contributed by atoms with Gasteiger partial charge in [-0.2, -0.15) is 0 Å². The first-order valence-electron chi connectivity index (χ1n) is 5.40. The molecule has 0 saturated carbocycles. The van der Waals surface area contributed by atoms with Crippen molar-refractivity contribution in [3.63, 3.8) is 0 Å². The highest BCUT2D eigenvalue weighted by Crippen LogP contribution is 2.29. The normalized spacial score (nSPS) is 10.1. The van der Waals surface area contributed by atoms with Crippen LogP contribution >= 0.6 is 12.2 Å². The third kappa shape index (κ3) is 4.48. The SMILES string of the molecule is COc1ccc(OCC(C)C)c(NC(N)=S)c1. The molecule has 0 radical (unpaired) electrons. The van der Waals surface area contributed by atoms with Gasteiger partial charge in [0.15, 0.2) is 5.11 Å². The van der Waals surface area contributed by atoms with Crippen LogP contribution in [0.3, 0.4) is 0 Å². The minimum atomic E-state index is 0.202. The van der Waals surface area contributed by atoms with Crippen LogP contribution in [0.15, 0.2) is 18.2 Å². The smallest absolute Gasteiger partial charge is 0.168 e. The number of nitrogens with two attached hydrogens (primary N) is 1. The maximum absolute atomic E-state index is 5.67. The van der Waals surface area contributed by atoms with Gasteiger partial charge in [0.05, 0.1) is 19.4 Å². The van der Waals surface area contributed by atoms with Crippen molar-refractivity contribution in [2.24, 2.45) is 11.7 Å². The third-order valence-electron chi connectivity index (χ3n) is 2.02. The lowest BCUT2D eigenvalue weighted by Gasteiger charge is -2.14. The molecule has 4 nitrogen and oxygen atoms in total. The molecule has 0 unspecified atom stereocenters. The second-order valence-electron chi connectivity index (χ2n) is 4.06. The van der Waals surface area contributed by atoms with E-state index in [1.165, 1.54) is 0 Å². The molecule has 0 aliphatic carbocycles. The van der Waals surface area contributed by atoms with E-state index >= 15 is 0 Å². The maximum Gasteiger partial charge on any atom is 0.168 e. The summed E-state index contributed by atoms with van der Waals surface area (Å²) in [5.74, 6) is 1.89. The van der Waals surface area contributed by atoms with Crippen LogP contribution < -0.4 is 20.5 Å². The topological polar surface area (TPSA) is 56.5 Å². The van der Waals surface area contributed by atoms with Gasteiger partial charge in [-0.3, -0.25) is 0 Å². The molecule has 0 atom stereocenters. The molecule has 17 heavy (non-hydrogen) atoms. The van der Waals surface area contributed by atoms with Crippen LogP contribution in [0.4, 0.5) is 5.69 Å². The van der Waals surface area contributed by atoms with E-state index in [0.29, 0.717) is 18.3 Å². The summed E-state index contributed by atoms with van der Waals surface area (Å²) < 4.78 is 10.8. The van der Waals surface area contributed by atoms with Crippen molar-refractivity contribution in [1.29, 1.82) is 0 Å². The van der Waals surface area contributed by atoms with Crippen molar-refractivity contribution >= 4 is 23.0 Å². The fourth-order valence-corrected chi connectivity index (χ4v) is 1.36. The van der Waals surface area contributed by atoms with Gasteiger partial charge in [0.25, 0.3) is 0 Å². The van der Waals surface area contributed by atoms with Crippen molar-refractivity contribution in [2.75, 3.05) is 19.0 Å². The Morgan fingerprint density at radius 3 is 2.71 bits per heavy atom. The van der Waals surface area contributed by atoms with Gasteiger partial charge in [-0.25, -0.2) is 0 Å². The second kappa shape index (κ2) is 6.30. The molecule has 0 spiro atoms. The largest absolute Gasteiger partial charge is 0.497 e. The summed E-state index contributed by atoms with van der Waals surface area (Å²) in [7, 11) is 1.61. The van der Waals surface area contributed by atoms with Crippen LogP contribution in [-0.4, -0.2) is 18.8 Å². The van der Waals surface area contributed by atoms with Gasteiger partial charge in [-0.1, -0.05) is 13.8 Å². The Balaban J connectivity index is 2.89. The fourth-order valence-electron chi connectivity index (χ4n) is 1.25. The van der Waals surface area contributed by atoms with Gasteiger partial charge >= 0.3 is 0 Å².